The van der Waals surface area contributed by atoms with Gasteiger partial charge in [-0.2, -0.15) is 0 Å². The van der Waals surface area contributed by atoms with Gasteiger partial charge >= 0.3 is 0 Å². The number of aryl methyl sites for hydroxylation is 1. The van der Waals surface area contributed by atoms with Gasteiger partial charge in [-0.1, -0.05) is 17.7 Å². The third-order valence-electron chi connectivity index (χ3n) is 3.33. The van der Waals surface area contributed by atoms with Crippen LogP contribution in [0.2, 0.25) is 5.02 Å². The average molecular weight is 291 g/mol. The van der Waals surface area contributed by atoms with Crippen LogP contribution in [0.3, 0.4) is 0 Å². The van der Waals surface area contributed by atoms with E-state index in [9.17, 15) is 0 Å². The van der Waals surface area contributed by atoms with Crippen LogP contribution in [0.5, 0.6) is 5.75 Å². The molecule has 1 N–H and O–H groups in total. The minimum Gasteiger partial charge on any atom is -0.496 e. The second-order valence-electron chi connectivity index (χ2n) is 4.59. The predicted molar refractivity (Wildman–Crippen MR) is 82.4 cm³/mol. The molecular weight excluding hydrogens is 272 g/mol. The van der Waals surface area contributed by atoms with Gasteiger partial charge in [0.15, 0.2) is 0 Å². The summed E-state index contributed by atoms with van der Waals surface area (Å²) >= 11 is 6.10. The van der Waals surface area contributed by atoms with Crippen LogP contribution in [-0.4, -0.2) is 19.1 Å². The number of methoxy groups -OCH3 is 1. The number of rotatable bonds is 6. The largest absolute Gasteiger partial charge is 0.496 e. The van der Waals surface area contributed by atoms with Gasteiger partial charge in [-0.15, -0.1) is 0 Å². The van der Waals surface area contributed by atoms with Crippen molar-refractivity contribution in [3.63, 3.8) is 0 Å². The van der Waals surface area contributed by atoms with Crippen molar-refractivity contribution >= 4 is 11.6 Å². The van der Waals surface area contributed by atoms with E-state index in [0.29, 0.717) is 0 Å². The highest BCUT2D eigenvalue weighted by molar-refractivity contribution is 6.30. The zero-order valence-electron chi connectivity index (χ0n) is 11.8. The summed E-state index contributed by atoms with van der Waals surface area (Å²) in [5.74, 6) is 0.856. The van der Waals surface area contributed by atoms with Crippen LogP contribution < -0.4 is 10.1 Å². The van der Waals surface area contributed by atoms with Crippen LogP contribution in [0.4, 0.5) is 0 Å². The quantitative estimate of drug-likeness (QED) is 0.882. The summed E-state index contributed by atoms with van der Waals surface area (Å²) in [6, 6.07) is 11.9. The maximum Gasteiger partial charge on any atom is 0.123 e. The fraction of sp³-hybridized carbons (Fsp3) is 0.312. The minimum absolute atomic E-state index is 0.186. The monoisotopic (exact) mass is 290 g/mol. The molecule has 20 heavy (non-hydrogen) atoms. The van der Waals surface area contributed by atoms with Crippen LogP contribution in [0.25, 0.3) is 0 Å². The van der Waals surface area contributed by atoms with Gasteiger partial charge < -0.3 is 10.1 Å². The van der Waals surface area contributed by atoms with E-state index in [1.54, 1.807) is 7.11 Å². The Labute approximate surface area is 124 Å². The normalized spacial score (nSPS) is 12.2. The van der Waals surface area contributed by atoms with Gasteiger partial charge in [-0.3, -0.25) is 4.98 Å². The van der Waals surface area contributed by atoms with Gasteiger partial charge in [-0.05, 0) is 50.2 Å². The Morgan fingerprint density at radius 2 is 2.15 bits per heavy atom. The first-order chi connectivity index (χ1) is 9.74. The SMILES string of the molecule is CNC(CCc1ccccn1)c1cc(Cl)ccc1OC. The van der Waals surface area contributed by atoms with Gasteiger partial charge in [0.2, 0.25) is 0 Å². The molecule has 106 valence electrons. The van der Waals surface area contributed by atoms with Gasteiger partial charge in [0.25, 0.3) is 0 Å². The first-order valence-corrected chi connectivity index (χ1v) is 7.03. The van der Waals surface area contributed by atoms with Gasteiger partial charge in [0.1, 0.15) is 5.75 Å². The lowest BCUT2D eigenvalue weighted by Gasteiger charge is -2.19. The molecule has 2 aromatic rings. The summed E-state index contributed by atoms with van der Waals surface area (Å²) in [6.07, 6.45) is 3.66. The Hall–Kier alpha value is -1.58. The number of halogens is 1. The van der Waals surface area contributed by atoms with Crippen LogP contribution in [0.15, 0.2) is 42.6 Å². The zero-order valence-corrected chi connectivity index (χ0v) is 12.5. The number of hydrogen-bond donors (Lipinski definition) is 1. The molecule has 0 aliphatic heterocycles. The number of nitrogens with one attached hydrogen (secondary N) is 1. The van der Waals surface area contributed by atoms with Crippen LogP contribution in [-0.2, 0) is 6.42 Å². The van der Waals surface area contributed by atoms with Crippen molar-refractivity contribution in [3.8, 4) is 5.75 Å². The maximum absolute atomic E-state index is 6.10. The second-order valence-corrected chi connectivity index (χ2v) is 5.02. The van der Waals surface area contributed by atoms with E-state index in [1.165, 1.54) is 0 Å². The summed E-state index contributed by atoms with van der Waals surface area (Å²) in [5.41, 5.74) is 2.17. The molecule has 1 aromatic carbocycles. The van der Waals surface area contributed by atoms with Gasteiger partial charge in [0, 0.05) is 28.5 Å². The number of hydrogen-bond acceptors (Lipinski definition) is 3. The zero-order chi connectivity index (χ0) is 14.4. The molecule has 0 spiro atoms. The molecule has 0 saturated carbocycles. The van der Waals surface area contributed by atoms with Crippen molar-refractivity contribution in [2.75, 3.05) is 14.2 Å². The summed E-state index contributed by atoms with van der Waals surface area (Å²) < 4.78 is 5.42. The van der Waals surface area contributed by atoms with E-state index in [2.05, 4.69) is 10.3 Å². The molecular formula is C16H19ClN2O. The molecule has 0 amide bonds. The Morgan fingerprint density at radius 3 is 2.80 bits per heavy atom. The number of aromatic nitrogens is 1. The smallest absolute Gasteiger partial charge is 0.123 e. The fourth-order valence-corrected chi connectivity index (χ4v) is 2.45. The molecule has 2 rings (SSSR count). The van der Waals surface area contributed by atoms with Crippen LogP contribution in [0, 0.1) is 0 Å². The molecule has 0 aliphatic rings. The number of ether oxygens (including phenoxy) is 1. The molecule has 0 radical (unpaired) electrons. The lowest BCUT2D eigenvalue weighted by Crippen LogP contribution is -2.18. The molecule has 0 aliphatic carbocycles. The highest BCUT2D eigenvalue weighted by Gasteiger charge is 2.15. The third-order valence-corrected chi connectivity index (χ3v) is 3.57. The van der Waals surface area contributed by atoms with Crippen LogP contribution in [0.1, 0.15) is 23.7 Å². The third kappa shape index (κ3) is 3.71. The van der Waals surface area contributed by atoms with E-state index in [4.69, 9.17) is 16.3 Å². The van der Waals surface area contributed by atoms with E-state index in [-0.39, 0.29) is 6.04 Å². The van der Waals surface area contributed by atoms with Gasteiger partial charge in [-0.25, -0.2) is 0 Å². The van der Waals surface area contributed by atoms with E-state index in [0.717, 1.165) is 34.9 Å². The molecule has 1 heterocycles. The molecule has 4 heteroatoms. The lowest BCUT2D eigenvalue weighted by molar-refractivity contribution is 0.398. The van der Waals surface area contributed by atoms with Crippen molar-refractivity contribution in [1.29, 1.82) is 0 Å². The molecule has 3 nitrogen and oxygen atoms in total. The number of nitrogens with zero attached hydrogens (tertiary/aromatic N) is 1. The fourth-order valence-electron chi connectivity index (χ4n) is 2.27. The van der Waals surface area contributed by atoms with Crippen molar-refractivity contribution in [3.05, 3.63) is 58.9 Å². The summed E-state index contributed by atoms with van der Waals surface area (Å²) in [4.78, 5) is 4.35. The highest BCUT2D eigenvalue weighted by Crippen LogP contribution is 2.30. The number of pyridine rings is 1. The molecule has 0 saturated heterocycles. The Bertz CT molecular complexity index is 545. The van der Waals surface area contributed by atoms with Crippen LogP contribution >= 0.6 is 11.6 Å². The standard InChI is InChI=1S/C16H19ClN2O/c1-18-15(8-7-13-5-3-4-10-19-13)14-11-12(17)6-9-16(14)20-2/h3-6,9-11,15,18H,7-8H2,1-2H3. The lowest BCUT2D eigenvalue weighted by atomic mass is 10.00. The minimum atomic E-state index is 0.186. The molecule has 1 atom stereocenters. The first-order valence-electron chi connectivity index (χ1n) is 6.65. The summed E-state index contributed by atoms with van der Waals surface area (Å²) in [7, 11) is 3.63. The Balaban J connectivity index is 2.14. The predicted octanol–water partition coefficient (Wildman–Crippen LogP) is 3.64. The molecule has 1 unspecified atom stereocenters. The average Bonchev–Trinajstić information content (AvgIpc) is 2.49. The van der Waals surface area contributed by atoms with E-state index >= 15 is 0 Å². The van der Waals surface area contributed by atoms with E-state index in [1.807, 2.05) is 49.6 Å². The topological polar surface area (TPSA) is 34.2 Å². The van der Waals surface area contributed by atoms with Gasteiger partial charge in [0.05, 0.1) is 7.11 Å². The van der Waals surface area contributed by atoms with Crippen molar-refractivity contribution < 1.29 is 4.74 Å². The molecule has 0 bridgehead atoms. The molecule has 1 aromatic heterocycles. The summed E-state index contributed by atoms with van der Waals surface area (Å²) in [6.45, 7) is 0. The summed E-state index contributed by atoms with van der Waals surface area (Å²) in [5, 5.41) is 4.05. The first kappa shape index (κ1) is 14.8. The van der Waals surface area contributed by atoms with Crippen molar-refractivity contribution in [1.82, 2.24) is 10.3 Å². The number of benzene rings is 1. The van der Waals surface area contributed by atoms with E-state index < -0.39 is 0 Å². The Morgan fingerprint density at radius 1 is 1.30 bits per heavy atom. The van der Waals surface area contributed by atoms with Crippen molar-refractivity contribution in [2.45, 2.75) is 18.9 Å². The highest BCUT2D eigenvalue weighted by atomic mass is 35.5. The molecule has 0 fully saturated rings. The van der Waals surface area contributed by atoms with Crippen molar-refractivity contribution in [2.24, 2.45) is 0 Å². The maximum atomic E-state index is 6.10. The Kier molecular flexibility index (Phi) is 5.39. The second kappa shape index (κ2) is 7.27.